The first-order valence-electron chi connectivity index (χ1n) is 14.2. The molecule has 0 fully saturated rings. The van der Waals surface area contributed by atoms with Crippen LogP contribution in [0.15, 0.2) is 127 Å². The second kappa shape index (κ2) is 9.74. The summed E-state index contributed by atoms with van der Waals surface area (Å²) < 4.78 is 4.44. The minimum atomic E-state index is 0.555. The van der Waals surface area contributed by atoms with E-state index in [1.807, 2.05) is 72.8 Å². The van der Waals surface area contributed by atoms with Gasteiger partial charge in [-0.05, 0) is 53.9 Å². The van der Waals surface area contributed by atoms with Crippen LogP contribution >= 0.6 is 0 Å². The third-order valence-electron chi connectivity index (χ3n) is 8.38. The third-order valence-corrected chi connectivity index (χ3v) is 8.38. The molecule has 44 heavy (non-hydrogen) atoms. The Labute approximate surface area is 253 Å². The molecular weight excluding hydrogens is 538 g/mol. The zero-order valence-electron chi connectivity index (χ0n) is 23.4. The zero-order valence-corrected chi connectivity index (χ0v) is 23.4. The minimum Gasteiger partial charge on any atom is -0.319 e. The lowest BCUT2D eigenvalue weighted by Crippen LogP contribution is -1.99. The van der Waals surface area contributed by atoms with Gasteiger partial charge in [-0.2, -0.15) is 5.26 Å². The Kier molecular flexibility index (Phi) is 5.56. The highest BCUT2D eigenvalue weighted by Crippen LogP contribution is 2.43. The largest absolute Gasteiger partial charge is 0.319 e. The fourth-order valence-electron chi connectivity index (χ4n) is 6.54. The second-order valence-electron chi connectivity index (χ2n) is 10.7. The average Bonchev–Trinajstić information content (AvgIpc) is 3.60. The number of hydrogen-bond acceptors (Lipinski definition) is 1. The van der Waals surface area contributed by atoms with Crippen LogP contribution in [-0.2, 0) is 0 Å². The van der Waals surface area contributed by atoms with Crippen molar-refractivity contribution in [2.24, 2.45) is 0 Å². The Bertz CT molecular complexity index is 2600. The van der Waals surface area contributed by atoms with Crippen LogP contribution in [0.25, 0.3) is 75.8 Å². The van der Waals surface area contributed by atoms with Crippen LogP contribution in [0.1, 0.15) is 5.56 Å². The lowest BCUT2D eigenvalue weighted by molar-refractivity contribution is 1.17. The van der Waals surface area contributed by atoms with Gasteiger partial charge in [-0.15, -0.1) is 0 Å². The van der Waals surface area contributed by atoms with Crippen molar-refractivity contribution in [1.82, 2.24) is 9.13 Å². The molecule has 6 aromatic carbocycles. The van der Waals surface area contributed by atoms with E-state index in [0.717, 1.165) is 66.1 Å². The van der Waals surface area contributed by atoms with Gasteiger partial charge in [-0.3, -0.25) is 0 Å². The number of nitriles is 1. The van der Waals surface area contributed by atoms with Gasteiger partial charge < -0.3 is 9.13 Å². The van der Waals surface area contributed by atoms with Crippen LogP contribution in [-0.4, -0.2) is 9.13 Å². The maximum atomic E-state index is 9.64. The van der Waals surface area contributed by atoms with Crippen molar-refractivity contribution < 1.29 is 0 Å². The van der Waals surface area contributed by atoms with E-state index in [1.54, 1.807) is 0 Å². The van der Waals surface area contributed by atoms with E-state index in [9.17, 15) is 5.26 Å². The SMILES string of the molecule is [C-]#[N+]c1ccc2c(c1)c1cccc(-c3ccccc3-n3c4ccccc4c4cc(C#N)ccc43)c1n2-c1ccccc1[N+]#[C-]. The summed E-state index contributed by atoms with van der Waals surface area (Å²) in [5.41, 5.74) is 9.58. The number of rotatable bonds is 3. The van der Waals surface area contributed by atoms with Crippen LogP contribution < -0.4 is 0 Å². The molecule has 2 heterocycles. The molecule has 0 saturated carbocycles. The summed E-state index contributed by atoms with van der Waals surface area (Å²) in [6, 6.07) is 44.6. The van der Waals surface area contributed by atoms with E-state index in [2.05, 4.69) is 79.5 Å². The Balaban J connectivity index is 1.52. The molecule has 2 aromatic heterocycles. The smallest absolute Gasteiger partial charge is 0.210 e. The van der Waals surface area contributed by atoms with Gasteiger partial charge in [0.25, 0.3) is 0 Å². The average molecular weight is 560 g/mol. The van der Waals surface area contributed by atoms with Crippen LogP contribution in [0.3, 0.4) is 0 Å². The monoisotopic (exact) mass is 559 g/mol. The second-order valence-corrected chi connectivity index (χ2v) is 10.7. The molecule has 0 radical (unpaired) electrons. The molecule has 8 rings (SSSR count). The molecule has 0 amide bonds. The van der Waals surface area contributed by atoms with Gasteiger partial charge in [0.05, 0.1) is 58.2 Å². The first-order chi connectivity index (χ1) is 21.7. The summed E-state index contributed by atoms with van der Waals surface area (Å²) in [6.07, 6.45) is 0. The predicted molar refractivity (Wildman–Crippen MR) is 178 cm³/mol. The molecule has 0 aliphatic heterocycles. The standard InChI is InChI=1S/C39H21N5/c1-41-26-19-21-37-32(23-26)30-13-9-12-29(39(30)44(37)38-17-8-5-14-33(38)42-2)27-10-3-6-15-34(27)43-35-16-7-4-11-28(35)31-22-25(24-40)18-20-36(31)43/h3-23H. The van der Waals surface area contributed by atoms with Gasteiger partial charge in [-0.1, -0.05) is 78.9 Å². The molecule has 8 aromatic rings. The molecule has 0 bridgehead atoms. The summed E-state index contributed by atoms with van der Waals surface area (Å²) >= 11 is 0. The zero-order chi connectivity index (χ0) is 29.8. The molecule has 0 aliphatic rings. The first-order valence-corrected chi connectivity index (χ1v) is 14.2. The topological polar surface area (TPSA) is 42.4 Å². The van der Waals surface area contributed by atoms with Gasteiger partial charge in [0.2, 0.25) is 5.69 Å². The lowest BCUT2D eigenvalue weighted by Gasteiger charge is -2.17. The highest BCUT2D eigenvalue weighted by atomic mass is 15.0. The van der Waals surface area contributed by atoms with E-state index < -0.39 is 0 Å². The fourth-order valence-corrected chi connectivity index (χ4v) is 6.54. The fraction of sp³-hybridized carbons (Fsp3) is 0. The Morgan fingerprint density at radius 1 is 0.523 bits per heavy atom. The Morgan fingerprint density at radius 3 is 2.02 bits per heavy atom. The summed E-state index contributed by atoms with van der Waals surface area (Å²) in [5, 5.41) is 13.7. The Hall–Kier alpha value is -6.61. The Morgan fingerprint density at radius 2 is 1.18 bits per heavy atom. The molecule has 0 N–H and O–H groups in total. The van der Waals surface area contributed by atoms with Gasteiger partial charge >= 0.3 is 0 Å². The molecule has 0 spiro atoms. The van der Waals surface area contributed by atoms with E-state index in [0.29, 0.717) is 16.9 Å². The first kappa shape index (κ1) is 25.1. The molecule has 0 saturated heterocycles. The van der Waals surface area contributed by atoms with Crippen molar-refractivity contribution >= 4 is 55.0 Å². The highest BCUT2D eigenvalue weighted by molar-refractivity contribution is 6.16. The van der Waals surface area contributed by atoms with E-state index in [-0.39, 0.29) is 0 Å². The van der Waals surface area contributed by atoms with Gasteiger partial charge in [0.1, 0.15) is 0 Å². The molecule has 0 aliphatic carbocycles. The minimum absolute atomic E-state index is 0.555. The van der Waals surface area contributed by atoms with Gasteiger partial charge in [-0.25, -0.2) is 9.69 Å². The maximum absolute atomic E-state index is 9.64. The third kappa shape index (κ3) is 3.56. The number of hydrogen-bond donors (Lipinski definition) is 0. The predicted octanol–water partition coefficient (Wildman–Crippen LogP) is 10.5. The van der Waals surface area contributed by atoms with Crippen LogP contribution in [0.4, 0.5) is 11.4 Å². The van der Waals surface area contributed by atoms with Crippen LogP contribution in [0.5, 0.6) is 0 Å². The van der Waals surface area contributed by atoms with Gasteiger partial charge in [0, 0.05) is 27.3 Å². The number of nitrogens with zero attached hydrogens (tertiary/aromatic N) is 5. The summed E-state index contributed by atoms with van der Waals surface area (Å²) in [7, 11) is 0. The summed E-state index contributed by atoms with van der Waals surface area (Å²) in [5.74, 6) is 0. The van der Waals surface area contributed by atoms with Crippen molar-refractivity contribution in [1.29, 1.82) is 5.26 Å². The summed E-state index contributed by atoms with van der Waals surface area (Å²) in [6.45, 7) is 15.6. The number of para-hydroxylation sites is 5. The number of benzene rings is 6. The van der Waals surface area contributed by atoms with E-state index in [1.165, 1.54) is 0 Å². The quantitative estimate of drug-likeness (QED) is 0.199. The van der Waals surface area contributed by atoms with E-state index >= 15 is 0 Å². The normalized spacial score (nSPS) is 11.1. The van der Waals surface area contributed by atoms with Crippen LogP contribution in [0, 0.1) is 24.5 Å². The van der Waals surface area contributed by atoms with Crippen LogP contribution in [0.2, 0.25) is 0 Å². The molecule has 5 nitrogen and oxygen atoms in total. The molecular formula is C39H21N5. The van der Waals surface area contributed by atoms with Crippen molar-refractivity contribution in [3.05, 3.63) is 156 Å². The summed E-state index contributed by atoms with van der Waals surface area (Å²) in [4.78, 5) is 7.58. The number of fused-ring (bicyclic) bond motifs is 6. The number of aromatic nitrogens is 2. The molecule has 0 unspecified atom stereocenters. The van der Waals surface area contributed by atoms with Crippen molar-refractivity contribution in [2.75, 3.05) is 0 Å². The maximum Gasteiger partial charge on any atom is 0.210 e. The van der Waals surface area contributed by atoms with Crippen molar-refractivity contribution in [2.45, 2.75) is 0 Å². The lowest BCUT2D eigenvalue weighted by atomic mass is 9.99. The van der Waals surface area contributed by atoms with Crippen molar-refractivity contribution in [3.8, 4) is 28.6 Å². The van der Waals surface area contributed by atoms with Gasteiger partial charge in [0.15, 0.2) is 5.69 Å². The van der Waals surface area contributed by atoms with E-state index in [4.69, 9.17) is 13.1 Å². The molecule has 5 heteroatoms. The highest BCUT2D eigenvalue weighted by Gasteiger charge is 2.21. The van der Waals surface area contributed by atoms with Crippen molar-refractivity contribution in [3.63, 3.8) is 0 Å². The molecule has 0 atom stereocenters. The molecule has 202 valence electrons.